The van der Waals surface area contributed by atoms with Crippen molar-refractivity contribution >= 4 is 11.6 Å². The molecular formula is C16H24N2O2. The smallest absolute Gasteiger partial charge is 0.251 e. The van der Waals surface area contributed by atoms with Crippen LogP contribution in [0.3, 0.4) is 0 Å². The summed E-state index contributed by atoms with van der Waals surface area (Å²) < 4.78 is 5.93. The van der Waals surface area contributed by atoms with Crippen LogP contribution in [0.25, 0.3) is 0 Å². The minimum Gasteiger partial charge on any atom is -0.399 e. The Morgan fingerprint density at radius 1 is 1.35 bits per heavy atom. The Morgan fingerprint density at radius 2 is 2.00 bits per heavy atom. The van der Waals surface area contributed by atoms with Crippen molar-refractivity contribution in [1.82, 2.24) is 5.32 Å². The molecule has 110 valence electrons. The fourth-order valence-corrected chi connectivity index (χ4v) is 2.80. The number of anilines is 1. The highest BCUT2D eigenvalue weighted by atomic mass is 16.5. The third-order valence-electron chi connectivity index (χ3n) is 4.29. The lowest BCUT2D eigenvalue weighted by Gasteiger charge is -2.40. The van der Waals surface area contributed by atoms with Crippen LogP contribution in [-0.4, -0.2) is 24.2 Å². The molecule has 0 bridgehead atoms. The Kier molecular flexibility index (Phi) is 4.65. The van der Waals surface area contributed by atoms with Crippen LogP contribution in [0.2, 0.25) is 0 Å². The van der Waals surface area contributed by atoms with Crippen molar-refractivity contribution in [3.63, 3.8) is 0 Å². The second-order valence-electron chi connectivity index (χ2n) is 5.52. The van der Waals surface area contributed by atoms with Crippen molar-refractivity contribution in [1.29, 1.82) is 0 Å². The zero-order chi connectivity index (χ0) is 14.6. The minimum absolute atomic E-state index is 0.0296. The molecule has 0 aliphatic carbocycles. The molecule has 1 unspecified atom stereocenters. The summed E-state index contributed by atoms with van der Waals surface area (Å²) in [7, 11) is 0. The van der Waals surface area contributed by atoms with Crippen LogP contribution >= 0.6 is 0 Å². The predicted octanol–water partition coefficient (Wildman–Crippen LogP) is 2.74. The second-order valence-corrected chi connectivity index (χ2v) is 5.52. The van der Waals surface area contributed by atoms with Gasteiger partial charge in [-0.05, 0) is 49.9 Å². The third-order valence-corrected chi connectivity index (χ3v) is 4.29. The van der Waals surface area contributed by atoms with Gasteiger partial charge in [-0.3, -0.25) is 4.79 Å². The van der Waals surface area contributed by atoms with Crippen LogP contribution in [0.15, 0.2) is 24.3 Å². The number of hydrogen-bond donors (Lipinski definition) is 2. The summed E-state index contributed by atoms with van der Waals surface area (Å²) in [6, 6.07) is 7.21. The highest BCUT2D eigenvalue weighted by molar-refractivity contribution is 5.94. The number of carbonyl (C=O) groups excluding carboxylic acids is 1. The zero-order valence-corrected chi connectivity index (χ0v) is 12.3. The molecule has 1 fully saturated rings. The topological polar surface area (TPSA) is 64.4 Å². The molecule has 1 atom stereocenters. The van der Waals surface area contributed by atoms with Gasteiger partial charge in [0.25, 0.3) is 5.91 Å². The lowest BCUT2D eigenvalue weighted by molar-refractivity contribution is -0.0917. The summed E-state index contributed by atoms with van der Waals surface area (Å²) in [5, 5.41) is 3.12. The molecule has 1 aromatic rings. The Hall–Kier alpha value is -1.55. The van der Waals surface area contributed by atoms with Gasteiger partial charge in [0, 0.05) is 23.9 Å². The lowest BCUT2D eigenvalue weighted by Crippen LogP contribution is -2.48. The fraction of sp³-hybridized carbons (Fsp3) is 0.562. The van der Waals surface area contributed by atoms with Crippen molar-refractivity contribution in [2.75, 3.05) is 12.3 Å². The zero-order valence-electron chi connectivity index (χ0n) is 12.3. The van der Waals surface area contributed by atoms with E-state index in [4.69, 9.17) is 10.5 Å². The van der Waals surface area contributed by atoms with Crippen molar-refractivity contribution in [3.8, 4) is 0 Å². The average Bonchev–Trinajstić information content (AvgIpc) is 2.48. The third kappa shape index (κ3) is 3.31. The van der Waals surface area contributed by atoms with Gasteiger partial charge < -0.3 is 15.8 Å². The number of rotatable bonds is 4. The molecule has 20 heavy (non-hydrogen) atoms. The first-order valence-corrected chi connectivity index (χ1v) is 7.39. The normalized spacial score (nSPS) is 21.4. The summed E-state index contributed by atoms with van der Waals surface area (Å²) in [5.74, 6) is -0.0296. The van der Waals surface area contributed by atoms with Gasteiger partial charge in [-0.15, -0.1) is 0 Å². The van der Waals surface area contributed by atoms with Crippen molar-refractivity contribution in [3.05, 3.63) is 29.8 Å². The summed E-state index contributed by atoms with van der Waals surface area (Å²) in [6.07, 6.45) is 3.73. The van der Waals surface area contributed by atoms with E-state index in [0.29, 0.717) is 17.9 Å². The van der Waals surface area contributed by atoms with E-state index in [-0.39, 0.29) is 17.6 Å². The molecule has 1 aromatic carbocycles. The maximum atomic E-state index is 12.2. The molecule has 1 heterocycles. The van der Waals surface area contributed by atoms with E-state index in [2.05, 4.69) is 19.2 Å². The van der Waals surface area contributed by atoms with Gasteiger partial charge in [-0.25, -0.2) is 0 Å². The average molecular weight is 276 g/mol. The molecule has 0 aromatic heterocycles. The summed E-state index contributed by atoms with van der Waals surface area (Å²) in [6.45, 7) is 5.01. The summed E-state index contributed by atoms with van der Waals surface area (Å²) in [4.78, 5) is 12.2. The van der Waals surface area contributed by atoms with Gasteiger partial charge in [0.15, 0.2) is 0 Å². The second kappa shape index (κ2) is 6.27. The van der Waals surface area contributed by atoms with Crippen LogP contribution in [0.5, 0.6) is 0 Å². The Bertz CT molecular complexity index is 452. The van der Waals surface area contributed by atoms with Crippen LogP contribution < -0.4 is 11.1 Å². The number of hydrogen-bond acceptors (Lipinski definition) is 3. The van der Waals surface area contributed by atoms with Gasteiger partial charge in [-0.2, -0.15) is 0 Å². The minimum atomic E-state index is -0.0721. The molecule has 2 rings (SSSR count). The number of benzene rings is 1. The molecule has 4 nitrogen and oxygen atoms in total. The number of amides is 1. The molecule has 3 N–H and O–H groups in total. The molecule has 0 saturated carbocycles. The molecule has 1 amide bonds. The largest absolute Gasteiger partial charge is 0.399 e. The van der Waals surface area contributed by atoms with Crippen molar-refractivity contribution in [2.24, 2.45) is 0 Å². The number of carbonyl (C=O) groups is 1. The van der Waals surface area contributed by atoms with Gasteiger partial charge >= 0.3 is 0 Å². The number of ether oxygens (including phenoxy) is 1. The monoisotopic (exact) mass is 276 g/mol. The summed E-state index contributed by atoms with van der Waals surface area (Å²) >= 11 is 0. The van der Waals surface area contributed by atoms with E-state index in [9.17, 15) is 4.79 Å². The van der Waals surface area contributed by atoms with Gasteiger partial charge in [-0.1, -0.05) is 13.8 Å². The van der Waals surface area contributed by atoms with E-state index in [1.165, 1.54) is 0 Å². The predicted molar refractivity (Wildman–Crippen MR) is 80.6 cm³/mol. The maximum Gasteiger partial charge on any atom is 0.251 e. The van der Waals surface area contributed by atoms with Crippen molar-refractivity contribution < 1.29 is 9.53 Å². The van der Waals surface area contributed by atoms with E-state index < -0.39 is 0 Å². The molecule has 0 spiro atoms. The fourth-order valence-electron chi connectivity index (χ4n) is 2.80. The first-order valence-electron chi connectivity index (χ1n) is 7.39. The first kappa shape index (κ1) is 14.9. The van der Waals surface area contributed by atoms with E-state index >= 15 is 0 Å². The van der Waals surface area contributed by atoms with Gasteiger partial charge in [0.2, 0.25) is 0 Å². The Balaban J connectivity index is 1.99. The molecule has 1 saturated heterocycles. The van der Waals surface area contributed by atoms with Crippen LogP contribution in [-0.2, 0) is 4.74 Å². The number of nitrogens with one attached hydrogen (secondary N) is 1. The van der Waals surface area contributed by atoms with Gasteiger partial charge in [0.1, 0.15) is 0 Å². The van der Waals surface area contributed by atoms with E-state index in [1.807, 2.05) is 0 Å². The van der Waals surface area contributed by atoms with Crippen molar-refractivity contribution in [2.45, 2.75) is 51.2 Å². The standard InChI is InChI=1S/C16H24N2O2/c1-3-16(4-2)11-14(9-10-20-16)18-15(19)12-5-7-13(17)8-6-12/h5-8,14H,3-4,9-11,17H2,1-2H3,(H,18,19). The van der Waals surface area contributed by atoms with Crippen LogP contribution in [0.4, 0.5) is 5.69 Å². The molecule has 0 radical (unpaired) electrons. The Morgan fingerprint density at radius 3 is 2.60 bits per heavy atom. The van der Waals surface area contributed by atoms with Gasteiger partial charge in [0.05, 0.1) is 5.60 Å². The molecule has 4 heteroatoms. The molecule has 1 aliphatic heterocycles. The molecular weight excluding hydrogens is 252 g/mol. The molecule has 1 aliphatic rings. The van der Waals surface area contributed by atoms with Crippen LogP contribution in [0, 0.1) is 0 Å². The van der Waals surface area contributed by atoms with Crippen LogP contribution in [0.1, 0.15) is 49.9 Å². The van der Waals surface area contributed by atoms with E-state index in [1.54, 1.807) is 24.3 Å². The number of nitrogens with two attached hydrogens (primary N) is 1. The highest BCUT2D eigenvalue weighted by Gasteiger charge is 2.35. The SMILES string of the molecule is CCC1(CC)CC(NC(=O)c2ccc(N)cc2)CCO1. The lowest BCUT2D eigenvalue weighted by atomic mass is 9.86. The first-order chi connectivity index (χ1) is 9.58. The highest BCUT2D eigenvalue weighted by Crippen LogP contribution is 2.31. The van der Waals surface area contributed by atoms with E-state index in [0.717, 1.165) is 25.7 Å². The number of nitrogen functional groups attached to an aromatic ring is 1. The summed E-state index contributed by atoms with van der Waals surface area (Å²) in [5.41, 5.74) is 6.89. The quantitative estimate of drug-likeness (QED) is 0.831. The Labute approximate surface area is 120 Å². The maximum absolute atomic E-state index is 12.2.